The Hall–Kier alpha value is -1.61. The summed E-state index contributed by atoms with van der Waals surface area (Å²) in [5, 5.41) is 5.19. The Balaban J connectivity index is 2.02. The summed E-state index contributed by atoms with van der Waals surface area (Å²) in [6.07, 6.45) is 3.93. The quantitative estimate of drug-likeness (QED) is 0.826. The predicted molar refractivity (Wildman–Crippen MR) is 72.6 cm³/mol. The number of hydrogen-bond donors (Lipinski definition) is 0. The average Bonchev–Trinajstić information content (AvgIpc) is 2.82. The van der Waals surface area contributed by atoms with E-state index in [4.69, 9.17) is 11.6 Å². The zero-order valence-electron chi connectivity index (χ0n) is 10.0. The van der Waals surface area contributed by atoms with Crippen LogP contribution in [-0.2, 0) is 6.54 Å². The van der Waals surface area contributed by atoms with Crippen molar-refractivity contribution in [2.24, 2.45) is 0 Å². The third-order valence-corrected chi connectivity index (χ3v) is 3.60. The molecule has 1 aliphatic rings. The minimum atomic E-state index is 0.317. The normalized spacial score (nSPS) is 18.4. The molecule has 1 atom stereocenters. The molecule has 0 fully saturated rings. The maximum absolute atomic E-state index is 5.93. The lowest BCUT2D eigenvalue weighted by Gasteiger charge is -2.22. The number of benzene rings is 1. The van der Waals surface area contributed by atoms with Crippen LogP contribution in [0.1, 0.15) is 36.0 Å². The van der Waals surface area contributed by atoms with Gasteiger partial charge >= 0.3 is 0 Å². The first-order valence-electron chi connectivity index (χ1n) is 6.10. The second kappa shape index (κ2) is 4.58. The minimum absolute atomic E-state index is 0.317. The molecule has 0 spiro atoms. The Morgan fingerprint density at radius 2 is 2.11 bits per heavy atom. The highest BCUT2D eigenvalue weighted by molar-refractivity contribution is 6.30. The molecule has 18 heavy (non-hydrogen) atoms. The molecule has 0 saturated heterocycles. The first-order valence-corrected chi connectivity index (χ1v) is 6.48. The van der Waals surface area contributed by atoms with Crippen LogP contribution >= 0.6 is 11.6 Å². The number of fused-ring (bicyclic) bond motifs is 1. The highest BCUT2D eigenvalue weighted by Crippen LogP contribution is 2.32. The topological polar surface area (TPSA) is 30.7 Å². The van der Waals surface area contributed by atoms with E-state index in [-0.39, 0.29) is 0 Å². The van der Waals surface area contributed by atoms with Crippen molar-refractivity contribution >= 4 is 17.7 Å². The zero-order chi connectivity index (χ0) is 12.5. The third kappa shape index (κ3) is 1.95. The van der Waals surface area contributed by atoms with Gasteiger partial charge in [-0.15, -0.1) is 0 Å². The molecule has 3 nitrogen and oxygen atoms in total. The monoisotopic (exact) mass is 259 g/mol. The van der Waals surface area contributed by atoms with E-state index in [2.05, 4.69) is 28.8 Å². The van der Waals surface area contributed by atoms with Gasteiger partial charge in [0.25, 0.3) is 0 Å². The summed E-state index contributed by atoms with van der Waals surface area (Å²) in [6, 6.07) is 8.01. The van der Waals surface area contributed by atoms with E-state index >= 15 is 0 Å². The Morgan fingerprint density at radius 3 is 2.83 bits per heavy atom. The third-order valence-electron chi connectivity index (χ3n) is 3.35. The second-order valence-electron chi connectivity index (χ2n) is 4.50. The van der Waals surface area contributed by atoms with Crippen molar-refractivity contribution in [2.75, 3.05) is 0 Å². The summed E-state index contributed by atoms with van der Waals surface area (Å²) in [6.45, 7) is 4.67. The van der Waals surface area contributed by atoms with Crippen molar-refractivity contribution in [1.29, 1.82) is 0 Å². The van der Waals surface area contributed by atoms with E-state index < -0.39 is 0 Å². The second-order valence-corrected chi connectivity index (χ2v) is 4.94. The predicted octanol–water partition coefficient (Wildman–Crippen LogP) is 3.50. The van der Waals surface area contributed by atoms with E-state index in [1.165, 1.54) is 5.56 Å². The maximum atomic E-state index is 5.93. The first-order chi connectivity index (χ1) is 8.78. The maximum Gasteiger partial charge on any atom is 0.173 e. The van der Waals surface area contributed by atoms with Gasteiger partial charge in [-0.2, -0.15) is 5.10 Å². The van der Waals surface area contributed by atoms with Crippen LogP contribution in [0.4, 0.5) is 0 Å². The molecule has 0 bridgehead atoms. The van der Waals surface area contributed by atoms with Gasteiger partial charge in [0.1, 0.15) is 5.82 Å². The standard InChI is InChI=1S/C14H14ClN3/c1-2-13-16-14-12(4-3-9-18(14)17-13)10-5-7-11(15)8-6-10/h2,5-8,12H,1,3-4,9H2. The van der Waals surface area contributed by atoms with Gasteiger partial charge in [0.2, 0.25) is 0 Å². The lowest BCUT2D eigenvalue weighted by molar-refractivity contribution is 0.445. The highest BCUT2D eigenvalue weighted by atomic mass is 35.5. The summed E-state index contributed by atoms with van der Waals surface area (Å²) in [5.74, 6) is 2.07. The summed E-state index contributed by atoms with van der Waals surface area (Å²) >= 11 is 5.93. The van der Waals surface area contributed by atoms with E-state index in [1.807, 2.05) is 16.8 Å². The molecule has 1 unspecified atom stereocenters. The van der Waals surface area contributed by atoms with E-state index in [0.29, 0.717) is 11.7 Å². The fraction of sp³-hybridized carbons (Fsp3) is 0.286. The average molecular weight is 260 g/mol. The highest BCUT2D eigenvalue weighted by Gasteiger charge is 2.25. The summed E-state index contributed by atoms with van der Waals surface area (Å²) in [7, 11) is 0. The number of hydrogen-bond acceptors (Lipinski definition) is 2. The number of halogens is 1. The van der Waals surface area contributed by atoms with Gasteiger partial charge in [0, 0.05) is 17.5 Å². The minimum Gasteiger partial charge on any atom is -0.249 e. The van der Waals surface area contributed by atoms with Crippen LogP contribution in [0.3, 0.4) is 0 Å². The summed E-state index contributed by atoms with van der Waals surface area (Å²) in [5.41, 5.74) is 1.25. The van der Waals surface area contributed by atoms with Crippen LogP contribution in [-0.4, -0.2) is 14.8 Å². The van der Waals surface area contributed by atoms with Gasteiger partial charge < -0.3 is 0 Å². The van der Waals surface area contributed by atoms with Crippen LogP contribution in [0.15, 0.2) is 30.8 Å². The molecule has 0 N–H and O–H groups in total. The summed E-state index contributed by atoms with van der Waals surface area (Å²) in [4.78, 5) is 4.55. The number of nitrogens with zero attached hydrogens (tertiary/aromatic N) is 3. The van der Waals surface area contributed by atoms with Crippen molar-refractivity contribution in [3.63, 3.8) is 0 Å². The molecule has 1 aromatic heterocycles. The smallest absolute Gasteiger partial charge is 0.173 e. The molecule has 92 valence electrons. The number of aryl methyl sites for hydroxylation is 1. The zero-order valence-corrected chi connectivity index (χ0v) is 10.8. The molecule has 3 rings (SSSR count). The van der Waals surface area contributed by atoms with Gasteiger partial charge in [-0.05, 0) is 36.6 Å². The fourth-order valence-corrected chi connectivity index (χ4v) is 2.59. The molecular weight excluding hydrogens is 246 g/mol. The summed E-state index contributed by atoms with van der Waals surface area (Å²) < 4.78 is 2.00. The van der Waals surface area contributed by atoms with Crippen molar-refractivity contribution in [1.82, 2.24) is 14.8 Å². The van der Waals surface area contributed by atoms with Crippen LogP contribution in [0.5, 0.6) is 0 Å². The lowest BCUT2D eigenvalue weighted by Crippen LogP contribution is -2.17. The Labute approximate surface area is 111 Å². The Kier molecular flexibility index (Phi) is 2.92. The molecule has 2 heterocycles. The molecule has 0 amide bonds. The van der Waals surface area contributed by atoms with Gasteiger partial charge in [-0.25, -0.2) is 9.67 Å². The van der Waals surface area contributed by atoms with E-state index in [1.54, 1.807) is 6.08 Å². The van der Waals surface area contributed by atoms with Gasteiger partial charge in [0.05, 0.1) is 0 Å². The van der Waals surface area contributed by atoms with Crippen molar-refractivity contribution in [2.45, 2.75) is 25.3 Å². The molecule has 1 aromatic carbocycles. The molecule has 1 aliphatic heterocycles. The Morgan fingerprint density at radius 1 is 1.33 bits per heavy atom. The molecule has 0 aliphatic carbocycles. The fourth-order valence-electron chi connectivity index (χ4n) is 2.47. The first kappa shape index (κ1) is 11.5. The molecule has 0 radical (unpaired) electrons. The van der Waals surface area contributed by atoms with E-state index in [0.717, 1.165) is 30.2 Å². The van der Waals surface area contributed by atoms with Crippen LogP contribution < -0.4 is 0 Å². The van der Waals surface area contributed by atoms with Crippen LogP contribution in [0.25, 0.3) is 6.08 Å². The van der Waals surface area contributed by atoms with E-state index in [9.17, 15) is 0 Å². The van der Waals surface area contributed by atoms with Gasteiger partial charge in [-0.1, -0.05) is 30.3 Å². The van der Waals surface area contributed by atoms with Crippen molar-refractivity contribution in [3.8, 4) is 0 Å². The molecule has 2 aromatic rings. The lowest BCUT2D eigenvalue weighted by atomic mass is 9.91. The largest absolute Gasteiger partial charge is 0.249 e. The molecular formula is C14H14ClN3. The molecule has 4 heteroatoms. The van der Waals surface area contributed by atoms with Crippen LogP contribution in [0.2, 0.25) is 5.02 Å². The van der Waals surface area contributed by atoms with Crippen molar-refractivity contribution < 1.29 is 0 Å². The molecule has 0 saturated carbocycles. The van der Waals surface area contributed by atoms with Crippen molar-refractivity contribution in [3.05, 3.63) is 53.1 Å². The van der Waals surface area contributed by atoms with Crippen LogP contribution in [0, 0.1) is 0 Å². The number of rotatable bonds is 2. The SMILES string of the molecule is C=Cc1nc2n(n1)CCCC2c1ccc(Cl)cc1. The number of aromatic nitrogens is 3. The Bertz CT molecular complexity index is 571. The van der Waals surface area contributed by atoms with Gasteiger partial charge in [0.15, 0.2) is 5.82 Å². The van der Waals surface area contributed by atoms with Gasteiger partial charge in [-0.3, -0.25) is 0 Å².